The third-order valence-electron chi connectivity index (χ3n) is 4.29. The predicted molar refractivity (Wildman–Crippen MR) is 77.7 cm³/mol. The zero-order valence-corrected chi connectivity index (χ0v) is 11.8. The quantitative estimate of drug-likeness (QED) is 0.822. The van der Waals surface area contributed by atoms with E-state index in [2.05, 4.69) is 23.5 Å². The molecule has 18 heavy (non-hydrogen) atoms. The highest BCUT2D eigenvalue weighted by molar-refractivity contribution is 7.99. The SMILES string of the molecule is COc1cccc2c1SCC1(CCCCC1)CN2. The van der Waals surface area contributed by atoms with Crippen molar-refractivity contribution in [2.24, 2.45) is 5.41 Å². The second-order valence-electron chi connectivity index (χ2n) is 5.54. The standard InChI is InChI=1S/C15H21NOS/c1-17-13-7-5-6-12-14(13)18-11-15(10-16-12)8-3-2-4-9-15/h5-7,16H,2-4,8-11H2,1H3. The van der Waals surface area contributed by atoms with Crippen molar-refractivity contribution < 1.29 is 4.74 Å². The van der Waals surface area contributed by atoms with Crippen molar-refractivity contribution in [3.8, 4) is 5.75 Å². The molecule has 2 nitrogen and oxygen atoms in total. The minimum atomic E-state index is 0.507. The lowest BCUT2D eigenvalue weighted by Crippen LogP contribution is -2.33. The van der Waals surface area contributed by atoms with Gasteiger partial charge in [-0.3, -0.25) is 0 Å². The smallest absolute Gasteiger partial charge is 0.134 e. The van der Waals surface area contributed by atoms with Crippen molar-refractivity contribution in [2.45, 2.75) is 37.0 Å². The van der Waals surface area contributed by atoms with Gasteiger partial charge in [0, 0.05) is 12.3 Å². The lowest BCUT2D eigenvalue weighted by molar-refractivity contribution is 0.241. The number of nitrogens with one attached hydrogen (secondary N) is 1. The molecular weight excluding hydrogens is 242 g/mol. The first kappa shape index (κ1) is 12.2. The second kappa shape index (κ2) is 5.04. The van der Waals surface area contributed by atoms with Gasteiger partial charge in [-0.05, 0) is 30.4 Å². The molecule has 1 heterocycles. The highest BCUT2D eigenvalue weighted by Crippen LogP contribution is 2.47. The summed E-state index contributed by atoms with van der Waals surface area (Å²) in [4.78, 5) is 1.29. The van der Waals surface area contributed by atoms with Crippen molar-refractivity contribution >= 4 is 17.4 Å². The molecule has 98 valence electrons. The summed E-state index contributed by atoms with van der Waals surface area (Å²) in [5.41, 5.74) is 1.76. The van der Waals surface area contributed by atoms with Crippen LogP contribution in [0.25, 0.3) is 0 Å². The lowest BCUT2D eigenvalue weighted by atomic mass is 9.75. The van der Waals surface area contributed by atoms with Gasteiger partial charge >= 0.3 is 0 Å². The number of anilines is 1. The van der Waals surface area contributed by atoms with Crippen LogP contribution in [0.4, 0.5) is 5.69 Å². The van der Waals surface area contributed by atoms with Gasteiger partial charge in [-0.25, -0.2) is 0 Å². The molecule has 1 fully saturated rings. The Labute approximate surface area is 113 Å². The van der Waals surface area contributed by atoms with E-state index in [0.29, 0.717) is 5.41 Å². The van der Waals surface area contributed by atoms with E-state index in [9.17, 15) is 0 Å². The van der Waals surface area contributed by atoms with E-state index in [1.807, 2.05) is 11.8 Å². The zero-order valence-electron chi connectivity index (χ0n) is 11.0. The van der Waals surface area contributed by atoms with E-state index in [4.69, 9.17) is 4.74 Å². The largest absolute Gasteiger partial charge is 0.496 e. The van der Waals surface area contributed by atoms with Gasteiger partial charge in [-0.1, -0.05) is 25.3 Å². The van der Waals surface area contributed by atoms with Gasteiger partial charge in [-0.15, -0.1) is 11.8 Å². The Morgan fingerprint density at radius 1 is 1.22 bits per heavy atom. The number of rotatable bonds is 1. The predicted octanol–water partition coefficient (Wildman–Crippen LogP) is 4.16. The summed E-state index contributed by atoms with van der Waals surface area (Å²) >= 11 is 1.98. The maximum atomic E-state index is 5.48. The molecule has 1 saturated carbocycles. The van der Waals surface area contributed by atoms with E-state index in [1.165, 1.54) is 48.4 Å². The summed E-state index contributed by atoms with van der Waals surface area (Å²) in [6, 6.07) is 6.31. The molecule has 0 saturated heterocycles. The lowest BCUT2D eigenvalue weighted by Gasteiger charge is -2.35. The maximum Gasteiger partial charge on any atom is 0.134 e. The molecule has 1 aliphatic heterocycles. The van der Waals surface area contributed by atoms with E-state index in [-0.39, 0.29) is 0 Å². The fourth-order valence-electron chi connectivity index (χ4n) is 3.15. The number of fused-ring (bicyclic) bond motifs is 1. The van der Waals surface area contributed by atoms with Crippen LogP contribution in [0.2, 0.25) is 0 Å². The average Bonchev–Trinajstić information content (AvgIpc) is 2.60. The number of methoxy groups -OCH3 is 1. The second-order valence-corrected chi connectivity index (χ2v) is 6.53. The van der Waals surface area contributed by atoms with Crippen LogP contribution < -0.4 is 10.1 Å². The van der Waals surface area contributed by atoms with Crippen LogP contribution in [-0.4, -0.2) is 19.4 Å². The first-order valence-electron chi connectivity index (χ1n) is 6.87. The van der Waals surface area contributed by atoms with Crippen molar-refractivity contribution in [1.29, 1.82) is 0 Å². The molecule has 1 N–H and O–H groups in total. The number of ether oxygens (including phenoxy) is 1. The molecule has 0 radical (unpaired) electrons. The summed E-state index contributed by atoms with van der Waals surface area (Å²) in [6.45, 7) is 1.13. The zero-order chi connectivity index (χ0) is 12.4. The molecule has 1 aromatic rings. The van der Waals surface area contributed by atoms with Gasteiger partial charge in [0.2, 0.25) is 0 Å². The average molecular weight is 263 g/mol. The van der Waals surface area contributed by atoms with Crippen LogP contribution in [0.15, 0.2) is 23.1 Å². The molecule has 0 bridgehead atoms. The summed E-state index contributed by atoms with van der Waals surface area (Å²) < 4.78 is 5.48. The Kier molecular flexibility index (Phi) is 3.42. The van der Waals surface area contributed by atoms with Gasteiger partial charge in [0.15, 0.2) is 0 Å². The van der Waals surface area contributed by atoms with Gasteiger partial charge in [0.05, 0.1) is 17.7 Å². The molecule has 1 aliphatic carbocycles. The van der Waals surface area contributed by atoms with Gasteiger partial charge in [-0.2, -0.15) is 0 Å². The molecular formula is C15H21NOS. The third kappa shape index (κ3) is 2.20. The number of benzene rings is 1. The molecule has 1 aromatic carbocycles. The Morgan fingerprint density at radius 2 is 2.06 bits per heavy atom. The minimum Gasteiger partial charge on any atom is -0.496 e. The highest BCUT2D eigenvalue weighted by Gasteiger charge is 2.34. The van der Waals surface area contributed by atoms with Crippen LogP contribution in [0, 0.1) is 5.41 Å². The third-order valence-corrected chi connectivity index (χ3v) is 5.76. The summed E-state index contributed by atoms with van der Waals surface area (Å²) in [5, 5.41) is 3.66. The van der Waals surface area contributed by atoms with Gasteiger partial charge in [0.25, 0.3) is 0 Å². The van der Waals surface area contributed by atoms with Crippen molar-refractivity contribution in [3.63, 3.8) is 0 Å². The normalized spacial score (nSPS) is 21.8. The number of hydrogen-bond donors (Lipinski definition) is 1. The van der Waals surface area contributed by atoms with Crippen LogP contribution >= 0.6 is 11.8 Å². The van der Waals surface area contributed by atoms with Crippen LogP contribution in [0.5, 0.6) is 5.75 Å². The number of thioether (sulfide) groups is 1. The molecule has 1 spiro atoms. The summed E-state index contributed by atoms with van der Waals surface area (Å²) in [5.74, 6) is 2.24. The van der Waals surface area contributed by atoms with E-state index < -0.39 is 0 Å². The first-order valence-corrected chi connectivity index (χ1v) is 7.85. The number of hydrogen-bond acceptors (Lipinski definition) is 3. The summed E-state index contributed by atoms with van der Waals surface area (Å²) in [7, 11) is 1.76. The molecule has 3 rings (SSSR count). The van der Waals surface area contributed by atoms with Crippen LogP contribution in [0.3, 0.4) is 0 Å². The van der Waals surface area contributed by atoms with E-state index in [1.54, 1.807) is 7.11 Å². The fraction of sp³-hybridized carbons (Fsp3) is 0.600. The molecule has 0 atom stereocenters. The van der Waals surface area contributed by atoms with Crippen LogP contribution in [0.1, 0.15) is 32.1 Å². The molecule has 3 heteroatoms. The first-order chi connectivity index (χ1) is 8.83. The Hall–Kier alpha value is -0.830. The molecule has 0 aromatic heterocycles. The molecule has 0 amide bonds. The van der Waals surface area contributed by atoms with E-state index >= 15 is 0 Å². The van der Waals surface area contributed by atoms with Gasteiger partial charge < -0.3 is 10.1 Å². The molecule has 0 unspecified atom stereocenters. The van der Waals surface area contributed by atoms with Crippen molar-refractivity contribution in [1.82, 2.24) is 0 Å². The minimum absolute atomic E-state index is 0.507. The Morgan fingerprint density at radius 3 is 2.83 bits per heavy atom. The van der Waals surface area contributed by atoms with Gasteiger partial charge in [0.1, 0.15) is 5.75 Å². The summed E-state index contributed by atoms with van der Waals surface area (Å²) in [6.07, 6.45) is 6.97. The van der Waals surface area contributed by atoms with Crippen LogP contribution in [-0.2, 0) is 0 Å². The van der Waals surface area contributed by atoms with Crippen molar-refractivity contribution in [2.75, 3.05) is 24.7 Å². The molecule has 2 aliphatic rings. The Balaban J connectivity index is 1.85. The topological polar surface area (TPSA) is 21.3 Å². The fourth-order valence-corrected chi connectivity index (χ4v) is 4.58. The highest BCUT2D eigenvalue weighted by atomic mass is 32.2. The van der Waals surface area contributed by atoms with E-state index in [0.717, 1.165) is 12.3 Å². The van der Waals surface area contributed by atoms with Crippen molar-refractivity contribution in [3.05, 3.63) is 18.2 Å². The maximum absolute atomic E-state index is 5.48. The Bertz CT molecular complexity index is 427. The monoisotopic (exact) mass is 263 g/mol.